The molecule has 0 saturated heterocycles. The van der Waals surface area contributed by atoms with Gasteiger partial charge in [-0.15, -0.1) is 0 Å². The van der Waals surface area contributed by atoms with Crippen LogP contribution in [-0.4, -0.2) is 19.0 Å². The van der Waals surface area contributed by atoms with Crippen molar-refractivity contribution in [1.29, 1.82) is 0 Å². The number of nitro groups is 1. The predicted molar refractivity (Wildman–Crippen MR) is 111 cm³/mol. The first kappa shape index (κ1) is 18.5. The number of fused-ring (bicyclic) bond motifs is 2. The van der Waals surface area contributed by atoms with Crippen LogP contribution in [0.1, 0.15) is 13.3 Å². The minimum atomic E-state index is -0.490. The molecule has 2 heterocycles. The molecule has 0 aliphatic heterocycles. The molecule has 0 bridgehead atoms. The van der Waals surface area contributed by atoms with Gasteiger partial charge in [0, 0.05) is 36.7 Å². The Hall–Kier alpha value is -3.81. The molecule has 2 aromatic heterocycles. The maximum Gasteiger partial charge on any atom is 0.270 e. The first-order chi connectivity index (χ1) is 13.9. The normalized spacial score (nSPS) is 11.2. The lowest BCUT2D eigenvalue weighted by atomic mass is 10.1. The highest BCUT2D eigenvalue weighted by atomic mass is 16.6. The summed E-state index contributed by atoms with van der Waals surface area (Å²) in [6, 6.07) is 13.1. The van der Waals surface area contributed by atoms with Crippen LogP contribution >= 0.6 is 0 Å². The molecular weight excluding hydrogens is 372 g/mol. The van der Waals surface area contributed by atoms with E-state index in [1.165, 1.54) is 16.7 Å². The molecule has 0 radical (unpaired) electrons. The molecule has 0 aliphatic carbocycles. The molecule has 8 nitrogen and oxygen atoms in total. The van der Waals surface area contributed by atoms with E-state index in [1.54, 1.807) is 41.9 Å². The SMILES string of the molecule is CCCn1c(-c2cccc([N+](=O)[O-])c2)nc2c(c(=O)c3ccccc3n2C)c1=O. The summed E-state index contributed by atoms with van der Waals surface area (Å²) in [4.78, 5) is 41.7. The average Bonchev–Trinajstić information content (AvgIpc) is 2.73. The molecule has 0 amide bonds. The van der Waals surface area contributed by atoms with Crippen LogP contribution in [0.15, 0.2) is 58.1 Å². The van der Waals surface area contributed by atoms with Gasteiger partial charge < -0.3 is 4.57 Å². The lowest BCUT2D eigenvalue weighted by molar-refractivity contribution is -0.384. The van der Waals surface area contributed by atoms with E-state index in [4.69, 9.17) is 0 Å². The van der Waals surface area contributed by atoms with Gasteiger partial charge in [-0.25, -0.2) is 4.98 Å². The van der Waals surface area contributed by atoms with E-state index >= 15 is 0 Å². The Labute approximate surface area is 164 Å². The monoisotopic (exact) mass is 390 g/mol. The highest BCUT2D eigenvalue weighted by Crippen LogP contribution is 2.24. The van der Waals surface area contributed by atoms with Crippen LogP contribution in [0.5, 0.6) is 0 Å². The zero-order chi connectivity index (χ0) is 20.7. The minimum Gasteiger partial charge on any atom is -0.328 e. The summed E-state index contributed by atoms with van der Waals surface area (Å²) < 4.78 is 3.14. The summed E-state index contributed by atoms with van der Waals surface area (Å²) in [7, 11) is 1.75. The van der Waals surface area contributed by atoms with E-state index in [0.717, 1.165) is 0 Å². The second-order valence-corrected chi connectivity index (χ2v) is 6.80. The smallest absolute Gasteiger partial charge is 0.270 e. The lowest BCUT2D eigenvalue weighted by Crippen LogP contribution is -2.29. The zero-order valence-electron chi connectivity index (χ0n) is 16.0. The summed E-state index contributed by atoms with van der Waals surface area (Å²) in [5, 5.41) is 11.7. The minimum absolute atomic E-state index is 0.0221. The molecule has 0 unspecified atom stereocenters. The average molecular weight is 390 g/mol. The number of hydrogen-bond acceptors (Lipinski definition) is 5. The van der Waals surface area contributed by atoms with Crippen molar-refractivity contribution >= 4 is 27.6 Å². The molecule has 0 fully saturated rings. The molecule has 8 heteroatoms. The number of rotatable bonds is 4. The number of aryl methyl sites for hydroxylation is 1. The van der Waals surface area contributed by atoms with Crippen molar-refractivity contribution in [2.45, 2.75) is 19.9 Å². The summed E-state index contributed by atoms with van der Waals surface area (Å²) in [5.74, 6) is 0.304. The number of pyridine rings is 1. The van der Waals surface area contributed by atoms with E-state index in [2.05, 4.69) is 4.98 Å². The maximum absolute atomic E-state index is 13.3. The largest absolute Gasteiger partial charge is 0.328 e. The van der Waals surface area contributed by atoms with Gasteiger partial charge in [0.1, 0.15) is 11.2 Å². The summed E-state index contributed by atoms with van der Waals surface area (Å²) >= 11 is 0. The molecule has 146 valence electrons. The van der Waals surface area contributed by atoms with Crippen LogP contribution in [0.4, 0.5) is 5.69 Å². The van der Waals surface area contributed by atoms with E-state index in [9.17, 15) is 19.7 Å². The standard InChI is InChI=1S/C21H18N4O4/c1-3-11-24-19(13-7-6-8-14(12-13)25(28)29)22-20-17(21(24)27)18(26)15-9-4-5-10-16(15)23(20)2/h4-10,12H,3,11H2,1-2H3. The van der Waals surface area contributed by atoms with E-state index in [-0.39, 0.29) is 22.1 Å². The summed E-state index contributed by atoms with van der Waals surface area (Å²) in [5.41, 5.74) is 0.480. The third kappa shape index (κ3) is 2.89. The Balaban J connectivity index is 2.17. The molecule has 0 spiro atoms. The van der Waals surface area contributed by atoms with Gasteiger partial charge in [0.05, 0.1) is 10.4 Å². The van der Waals surface area contributed by atoms with Crippen LogP contribution < -0.4 is 11.0 Å². The summed E-state index contributed by atoms with van der Waals surface area (Å²) in [6.07, 6.45) is 0.642. The van der Waals surface area contributed by atoms with Gasteiger partial charge in [-0.1, -0.05) is 31.2 Å². The molecule has 0 aliphatic rings. The highest BCUT2D eigenvalue weighted by Gasteiger charge is 2.19. The van der Waals surface area contributed by atoms with Gasteiger partial charge in [-0.2, -0.15) is 0 Å². The Morgan fingerprint density at radius 1 is 1.10 bits per heavy atom. The third-order valence-electron chi connectivity index (χ3n) is 4.97. The molecule has 29 heavy (non-hydrogen) atoms. The van der Waals surface area contributed by atoms with Crippen LogP contribution in [0.3, 0.4) is 0 Å². The van der Waals surface area contributed by atoms with Crippen molar-refractivity contribution in [1.82, 2.24) is 14.1 Å². The molecule has 4 rings (SSSR count). The third-order valence-corrected chi connectivity index (χ3v) is 4.97. The van der Waals surface area contributed by atoms with Gasteiger partial charge in [-0.05, 0) is 18.6 Å². The van der Waals surface area contributed by atoms with Crippen molar-refractivity contribution in [2.75, 3.05) is 0 Å². The van der Waals surface area contributed by atoms with E-state index < -0.39 is 10.5 Å². The number of benzene rings is 2. The fraction of sp³-hybridized carbons (Fsp3) is 0.190. The number of nitro benzene ring substituents is 1. The molecule has 4 aromatic rings. The highest BCUT2D eigenvalue weighted by molar-refractivity contribution is 5.91. The van der Waals surface area contributed by atoms with Crippen molar-refractivity contribution in [3.63, 3.8) is 0 Å². The van der Waals surface area contributed by atoms with Crippen molar-refractivity contribution in [2.24, 2.45) is 7.05 Å². The lowest BCUT2D eigenvalue weighted by Gasteiger charge is -2.15. The van der Waals surface area contributed by atoms with Crippen molar-refractivity contribution in [3.8, 4) is 11.4 Å². The van der Waals surface area contributed by atoms with Crippen LogP contribution in [0.2, 0.25) is 0 Å². The Bertz CT molecular complexity index is 1400. The second-order valence-electron chi connectivity index (χ2n) is 6.80. The fourth-order valence-electron chi connectivity index (χ4n) is 3.60. The molecular formula is C21H18N4O4. The molecule has 0 N–H and O–H groups in total. The van der Waals surface area contributed by atoms with E-state index in [1.807, 2.05) is 13.0 Å². The maximum atomic E-state index is 13.3. The second kappa shape index (κ2) is 6.97. The Morgan fingerprint density at radius 3 is 2.59 bits per heavy atom. The number of non-ortho nitro benzene ring substituents is 1. The number of aromatic nitrogens is 3. The van der Waals surface area contributed by atoms with Gasteiger partial charge in [0.25, 0.3) is 11.2 Å². The van der Waals surface area contributed by atoms with Crippen LogP contribution in [0.25, 0.3) is 33.3 Å². The van der Waals surface area contributed by atoms with Gasteiger partial charge in [0.2, 0.25) is 5.43 Å². The molecule has 0 atom stereocenters. The summed E-state index contributed by atoms with van der Waals surface area (Å²) in [6.45, 7) is 2.25. The van der Waals surface area contributed by atoms with Crippen molar-refractivity contribution < 1.29 is 4.92 Å². The molecule has 2 aromatic carbocycles. The quantitative estimate of drug-likeness (QED) is 0.303. The number of hydrogen-bond donors (Lipinski definition) is 0. The Kier molecular flexibility index (Phi) is 4.46. The van der Waals surface area contributed by atoms with Crippen LogP contribution in [0, 0.1) is 10.1 Å². The van der Waals surface area contributed by atoms with Gasteiger partial charge >= 0.3 is 0 Å². The fourth-order valence-corrected chi connectivity index (χ4v) is 3.60. The Morgan fingerprint density at radius 2 is 1.86 bits per heavy atom. The molecule has 0 saturated carbocycles. The first-order valence-electron chi connectivity index (χ1n) is 9.21. The first-order valence-corrected chi connectivity index (χ1v) is 9.21. The predicted octanol–water partition coefficient (Wildman–Crippen LogP) is 3.23. The zero-order valence-corrected chi connectivity index (χ0v) is 16.0. The van der Waals surface area contributed by atoms with Gasteiger partial charge in [0.15, 0.2) is 5.65 Å². The van der Waals surface area contributed by atoms with E-state index in [0.29, 0.717) is 35.3 Å². The van der Waals surface area contributed by atoms with Gasteiger partial charge in [-0.3, -0.25) is 24.3 Å². The van der Waals surface area contributed by atoms with Crippen molar-refractivity contribution in [3.05, 3.63) is 79.2 Å². The number of para-hydroxylation sites is 1. The number of nitrogens with zero attached hydrogens (tertiary/aromatic N) is 4. The topological polar surface area (TPSA) is 100 Å². The van der Waals surface area contributed by atoms with Crippen LogP contribution in [-0.2, 0) is 13.6 Å².